The minimum atomic E-state index is -0.169. The summed E-state index contributed by atoms with van der Waals surface area (Å²) in [5.74, 6) is 0.885. The standard InChI is InChI=1S/C18H21N5O2/c1-11-14-15(23(22-11)12-7-4-3-5-8-12)17(24)21-16(20-14)13-9-6-10-19-18(13)25-2/h6,9-10,12H,3-5,7-8H2,1-2H3,(H,20,21,24). The Kier molecular flexibility index (Phi) is 3.99. The summed E-state index contributed by atoms with van der Waals surface area (Å²) in [4.78, 5) is 24.6. The van der Waals surface area contributed by atoms with Crippen molar-refractivity contribution >= 4 is 11.0 Å². The van der Waals surface area contributed by atoms with Crippen LogP contribution < -0.4 is 10.3 Å². The zero-order chi connectivity index (χ0) is 17.4. The Bertz CT molecular complexity index is 969. The fraction of sp³-hybridized carbons (Fsp3) is 0.444. The number of methoxy groups -OCH3 is 1. The van der Waals surface area contributed by atoms with Gasteiger partial charge in [-0.15, -0.1) is 0 Å². The number of hydrogen-bond acceptors (Lipinski definition) is 5. The van der Waals surface area contributed by atoms with Crippen molar-refractivity contribution in [1.29, 1.82) is 0 Å². The van der Waals surface area contributed by atoms with Gasteiger partial charge in [0.1, 0.15) is 11.3 Å². The third-order valence-electron chi connectivity index (χ3n) is 4.86. The number of aryl methyl sites for hydroxylation is 1. The number of H-pyrrole nitrogens is 1. The molecule has 1 aliphatic carbocycles. The maximum absolute atomic E-state index is 12.8. The van der Waals surface area contributed by atoms with Crippen molar-refractivity contribution in [3.05, 3.63) is 34.4 Å². The molecule has 0 spiro atoms. The molecule has 1 N–H and O–H groups in total. The van der Waals surface area contributed by atoms with Gasteiger partial charge in [0.2, 0.25) is 5.88 Å². The molecule has 25 heavy (non-hydrogen) atoms. The highest BCUT2D eigenvalue weighted by Gasteiger charge is 2.23. The molecule has 0 saturated heterocycles. The Hall–Kier alpha value is -2.70. The lowest BCUT2D eigenvalue weighted by atomic mass is 9.95. The number of ether oxygens (including phenoxy) is 1. The van der Waals surface area contributed by atoms with Gasteiger partial charge >= 0.3 is 0 Å². The van der Waals surface area contributed by atoms with Gasteiger partial charge in [-0.3, -0.25) is 9.48 Å². The van der Waals surface area contributed by atoms with Crippen LogP contribution in [0.5, 0.6) is 5.88 Å². The van der Waals surface area contributed by atoms with Gasteiger partial charge in [-0.2, -0.15) is 5.10 Å². The second kappa shape index (κ2) is 6.31. The van der Waals surface area contributed by atoms with E-state index in [-0.39, 0.29) is 11.6 Å². The number of nitrogens with zero attached hydrogens (tertiary/aromatic N) is 4. The van der Waals surface area contributed by atoms with E-state index in [0.717, 1.165) is 18.5 Å². The summed E-state index contributed by atoms with van der Waals surface area (Å²) in [6, 6.07) is 3.91. The molecular weight excluding hydrogens is 318 g/mol. The van der Waals surface area contributed by atoms with E-state index >= 15 is 0 Å². The molecule has 7 nitrogen and oxygen atoms in total. The molecule has 0 bridgehead atoms. The number of pyridine rings is 1. The van der Waals surface area contributed by atoms with Gasteiger partial charge in [0.25, 0.3) is 5.56 Å². The summed E-state index contributed by atoms with van der Waals surface area (Å²) >= 11 is 0. The number of rotatable bonds is 3. The number of aromatic amines is 1. The van der Waals surface area contributed by atoms with E-state index < -0.39 is 0 Å². The van der Waals surface area contributed by atoms with Crippen LogP contribution in [0.4, 0.5) is 0 Å². The van der Waals surface area contributed by atoms with Crippen LogP contribution >= 0.6 is 0 Å². The summed E-state index contributed by atoms with van der Waals surface area (Å²) in [5, 5.41) is 4.64. The molecule has 3 heterocycles. The predicted molar refractivity (Wildman–Crippen MR) is 94.8 cm³/mol. The highest BCUT2D eigenvalue weighted by atomic mass is 16.5. The molecule has 0 aliphatic heterocycles. The van der Waals surface area contributed by atoms with Crippen LogP contribution in [0.2, 0.25) is 0 Å². The van der Waals surface area contributed by atoms with Crippen molar-refractivity contribution in [2.45, 2.75) is 45.1 Å². The molecule has 0 aromatic carbocycles. The molecule has 3 aromatic heterocycles. The van der Waals surface area contributed by atoms with E-state index in [0.29, 0.717) is 28.3 Å². The first-order valence-electron chi connectivity index (χ1n) is 8.67. The van der Waals surface area contributed by atoms with E-state index in [1.807, 2.05) is 17.7 Å². The first-order chi connectivity index (χ1) is 12.2. The lowest BCUT2D eigenvalue weighted by Gasteiger charge is -2.22. The van der Waals surface area contributed by atoms with Crippen molar-refractivity contribution in [3.63, 3.8) is 0 Å². The van der Waals surface area contributed by atoms with Crippen LogP contribution in [0.25, 0.3) is 22.4 Å². The third kappa shape index (κ3) is 2.69. The molecule has 130 valence electrons. The predicted octanol–water partition coefficient (Wildman–Crippen LogP) is 3.00. The lowest BCUT2D eigenvalue weighted by Crippen LogP contribution is -2.19. The summed E-state index contributed by atoms with van der Waals surface area (Å²) < 4.78 is 7.18. The van der Waals surface area contributed by atoms with Crippen LogP contribution in [0.1, 0.15) is 43.8 Å². The molecule has 1 saturated carbocycles. The average Bonchev–Trinajstić information content (AvgIpc) is 3.00. The molecular formula is C18H21N5O2. The molecule has 0 amide bonds. The van der Waals surface area contributed by atoms with Crippen LogP contribution in [0.3, 0.4) is 0 Å². The van der Waals surface area contributed by atoms with Crippen LogP contribution in [0, 0.1) is 6.92 Å². The monoisotopic (exact) mass is 339 g/mol. The zero-order valence-electron chi connectivity index (χ0n) is 14.5. The van der Waals surface area contributed by atoms with E-state index in [4.69, 9.17) is 4.74 Å². The number of nitrogens with one attached hydrogen (secondary N) is 1. The molecule has 4 rings (SSSR count). The summed E-state index contributed by atoms with van der Waals surface area (Å²) in [5.41, 5.74) is 2.48. The largest absolute Gasteiger partial charge is 0.480 e. The first-order valence-corrected chi connectivity index (χ1v) is 8.67. The maximum atomic E-state index is 12.8. The summed E-state index contributed by atoms with van der Waals surface area (Å²) in [6.07, 6.45) is 7.39. The number of hydrogen-bond donors (Lipinski definition) is 1. The van der Waals surface area contributed by atoms with Crippen molar-refractivity contribution in [2.24, 2.45) is 0 Å². The highest BCUT2D eigenvalue weighted by Crippen LogP contribution is 2.31. The van der Waals surface area contributed by atoms with Gasteiger partial charge in [0, 0.05) is 6.20 Å². The number of fused-ring (bicyclic) bond motifs is 1. The SMILES string of the molecule is COc1ncccc1-c1nc2c(C)nn(C3CCCCC3)c2c(=O)[nH]1. The Morgan fingerprint density at radius 2 is 2.08 bits per heavy atom. The minimum Gasteiger partial charge on any atom is -0.480 e. The molecule has 7 heteroatoms. The van der Waals surface area contributed by atoms with Gasteiger partial charge in [0.15, 0.2) is 5.52 Å². The van der Waals surface area contributed by atoms with Crippen molar-refractivity contribution < 1.29 is 4.74 Å². The van der Waals surface area contributed by atoms with E-state index in [1.54, 1.807) is 19.4 Å². The van der Waals surface area contributed by atoms with Crippen molar-refractivity contribution in [3.8, 4) is 17.3 Å². The molecule has 1 aliphatic rings. The second-order valence-corrected chi connectivity index (χ2v) is 6.49. The Balaban J connectivity index is 1.89. The summed E-state index contributed by atoms with van der Waals surface area (Å²) in [6.45, 7) is 1.90. The third-order valence-corrected chi connectivity index (χ3v) is 4.86. The second-order valence-electron chi connectivity index (χ2n) is 6.49. The zero-order valence-corrected chi connectivity index (χ0v) is 14.5. The van der Waals surface area contributed by atoms with Gasteiger partial charge in [-0.25, -0.2) is 9.97 Å². The van der Waals surface area contributed by atoms with E-state index in [9.17, 15) is 4.79 Å². The topological polar surface area (TPSA) is 85.7 Å². The van der Waals surface area contributed by atoms with Gasteiger partial charge in [0.05, 0.1) is 24.4 Å². The van der Waals surface area contributed by atoms with Crippen LogP contribution in [0.15, 0.2) is 23.1 Å². The molecule has 1 fully saturated rings. The Morgan fingerprint density at radius 3 is 2.84 bits per heavy atom. The Labute approximate surface area is 145 Å². The Morgan fingerprint density at radius 1 is 1.28 bits per heavy atom. The first kappa shape index (κ1) is 15.8. The fourth-order valence-electron chi connectivity index (χ4n) is 3.64. The van der Waals surface area contributed by atoms with Crippen molar-refractivity contribution in [2.75, 3.05) is 7.11 Å². The lowest BCUT2D eigenvalue weighted by molar-refractivity contribution is 0.336. The number of aromatic nitrogens is 5. The normalized spacial score (nSPS) is 15.6. The van der Waals surface area contributed by atoms with E-state index in [2.05, 4.69) is 20.1 Å². The molecule has 0 radical (unpaired) electrons. The molecule has 0 unspecified atom stereocenters. The fourth-order valence-corrected chi connectivity index (χ4v) is 3.64. The average molecular weight is 339 g/mol. The summed E-state index contributed by atoms with van der Waals surface area (Å²) in [7, 11) is 1.55. The maximum Gasteiger partial charge on any atom is 0.277 e. The molecule has 0 atom stereocenters. The van der Waals surface area contributed by atoms with Gasteiger partial charge in [-0.1, -0.05) is 19.3 Å². The van der Waals surface area contributed by atoms with Crippen LogP contribution in [-0.4, -0.2) is 31.8 Å². The minimum absolute atomic E-state index is 0.169. The van der Waals surface area contributed by atoms with Gasteiger partial charge < -0.3 is 9.72 Å². The smallest absolute Gasteiger partial charge is 0.277 e. The van der Waals surface area contributed by atoms with Crippen LogP contribution in [-0.2, 0) is 0 Å². The highest BCUT2D eigenvalue weighted by molar-refractivity contribution is 5.79. The van der Waals surface area contributed by atoms with Gasteiger partial charge in [-0.05, 0) is 31.9 Å². The molecule has 3 aromatic rings. The quantitative estimate of drug-likeness (QED) is 0.793. The van der Waals surface area contributed by atoms with Crippen molar-refractivity contribution in [1.82, 2.24) is 24.7 Å². The van der Waals surface area contributed by atoms with E-state index in [1.165, 1.54) is 19.3 Å².